The minimum atomic E-state index is 0.536. The Morgan fingerprint density at radius 3 is 2.55 bits per heavy atom. The molecule has 0 saturated carbocycles. The molecule has 108 valence electrons. The molecule has 0 aliphatic carbocycles. The summed E-state index contributed by atoms with van der Waals surface area (Å²) in [7, 11) is 0. The van der Waals surface area contributed by atoms with Crippen molar-refractivity contribution in [2.75, 3.05) is 6.61 Å². The number of ether oxygens (including phenoxy) is 1. The Morgan fingerprint density at radius 1 is 1.10 bits per heavy atom. The molecule has 20 heavy (non-hydrogen) atoms. The average Bonchev–Trinajstić information content (AvgIpc) is 2.97. The monoisotopic (exact) mass is 338 g/mol. The Hall–Kier alpha value is -1.36. The van der Waals surface area contributed by atoms with Crippen LogP contribution in [0.5, 0.6) is 5.75 Å². The van der Waals surface area contributed by atoms with Gasteiger partial charge in [-0.05, 0) is 30.7 Å². The van der Waals surface area contributed by atoms with Crippen molar-refractivity contribution in [3.8, 4) is 17.2 Å². The van der Waals surface area contributed by atoms with Crippen molar-refractivity contribution in [1.82, 2.24) is 10.2 Å². The molecule has 5 heteroatoms. The van der Waals surface area contributed by atoms with Crippen LogP contribution < -0.4 is 4.74 Å². The number of hydrogen-bond acceptors (Lipinski definition) is 4. The lowest BCUT2D eigenvalue weighted by Crippen LogP contribution is -1.96. The van der Waals surface area contributed by atoms with Crippen molar-refractivity contribution in [1.29, 1.82) is 0 Å². The summed E-state index contributed by atoms with van der Waals surface area (Å²) < 4.78 is 11.2. The maximum atomic E-state index is 5.70. The van der Waals surface area contributed by atoms with Crippen molar-refractivity contribution in [2.24, 2.45) is 0 Å². The number of benzene rings is 1. The summed E-state index contributed by atoms with van der Waals surface area (Å²) >= 11 is 3.28. The first kappa shape index (κ1) is 15.0. The summed E-state index contributed by atoms with van der Waals surface area (Å²) in [6, 6.07) is 7.75. The van der Waals surface area contributed by atoms with Crippen molar-refractivity contribution in [3.63, 3.8) is 0 Å². The van der Waals surface area contributed by atoms with E-state index in [1.807, 2.05) is 24.3 Å². The molecule has 4 nitrogen and oxygen atoms in total. The number of unbranched alkanes of at least 4 members (excludes halogenated alkanes) is 3. The van der Waals surface area contributed by atoms with E-state index in [0.29, 0.717) is 17.1 Å². The van der Waals surface area contributed by atoms with E-state index in [9.17, 15) is 0 Å². The Labute approximate surface area is 127 Å². The smallest absolute Gasteiger partial charge is 0.247 e. The van der Waals surface area contributed by atoms with Crippen LogP contribution in [0.2, 0.25) is 0 Å². The second kappa shape index (κ2) is 8.04. The molecule has 0 radical (unpaired) electrons. The van der Waals surface area contributed by atoms with E-state index in [1.165, 1.54) is 19.3 Å². The predicted octanol–water partition coefficient (Wildman–Crippen LogP) is 4.59. The molecule has 2 rings (SSSR count). The summed E-state index contributed by atoms with van der Waals surface area (Å²) in [5.74, 6) is 2.00. The van der Waals surface area contributed by atoms with Crippen LogP contribution >= 0.6 is 15.9 Å². The highest BCUT2D eigenvalue weighted by atomic mass is 79.9. The fourth-order valence-corrected chi connectivity index (χ4v) is 2.06. The highest BCUT2D eigenvalue weighted by Gasteiger charge is 2.07. The maximum Gasteiger partial charge on any atom is 0.247 e. The molecule has 1 aromatic carbocycles. The lowest BCUT2D eigenvalue weighted by Gasteiger charge is -2.06. The van der Waals surface area contributed by atoms with E-state index in [2.05, 4.69) is 33.1 Å². The molecule has 0 aliphatic heterocycles. The molecule has 0 aliphatic rings. The molecule has 1 heterocycles. The van der Waals surface area contributed by atoms with E-state index in [-0.39, 0.29) is 0 Å². The second-order valence-corrected chi connectivity index (χ2v) is 5.13. The summed E-state index contributed by atoms with van der Waals surface area (Å²) in [4.78, 5) is 0. The van der Waals surface area contributed by atoms with Crippen LogP contribution in [-0.4, -0.2) is 16.8 Å². The minimum absolute atomic E-state index is 0.536. The summed E-state index contributed by atoms with van der Waals surface area (Å²) in [5.41, 5.74) is 0.906. The number of hydrogen-bond donors (Lipinski definition) is 0. The fourth-order valence-electron chi connectivity index (χ4n) is 1.84. The molecule has 0 unspecified atom stereocenters. The van der Waals surface area contributed by atoms with Crippen LogP contribution in [0.4, 0.5) is 0 Å². The van der Waals surface area contributed by atoms with Gasteiger partial charge >= 0.3 is 0 Å². The third kappa shape index (κ3) is 4.34. The maximum absolute atomic E-state index is 5.70. The zero-order chi connectivity index (χ0) is 14.2. The van der Waals surface area contributed by atoms with Gasteiger partial charge < -0.3 is 9.15 Å². The molecular formula is C15H19BrN2O2. The first-order chi connectivity index (χ1) is 9.83. The molecule has 0 fully saturated rings. The standard InChI is InChI=1S/C15H19BrN2O2/c1-2-3-4-5-10-19-13-8-6-12(7-9-13)15-18-17-14(11-16)20-15/h6-9H,2-5,10-11H2,1H3. The van der Waals surface area contributed by atoms with Crippen molar-refractivity contribution in [3.05, 3.63) is 30.2 Å². The van der Waals surface area contributed by atoms with Crippen molar-refractivity contribution < 1.29 is 9.15 Å². The van der Waals surface area contributed by atoms with Gasteiger partial charge in [0.15, 0.2) is 0 Å². The lowest BCUT2D eigenvalue weighted by atomic mass is 10.2. The van der Waals surface area contributed by atoms with Gasteiger partial charge in [0.05, 0.1) is 11.9 Å². The number of nitrogens with zero attached hydrogens (tertiary/aromatic N) is 2. The van der Waals surface area contributed by atoms with Crippen LogP contribution in [0.25, 0.3) is 11.5 Å². The van der Waals surface area contributed by atoms with Gasteiger partial charge in [0, 0.05) is 5.56 Å². The van der Waals surface area contributed by atoms with Gasteiger partial charge in [0.2, 0.25) is 11.8 Å². The van der Waals surface area contributed by atoms with Crippen molar-refractivity contribution in [2.45, 2.75) is 37.9 Å². The number of halogens is 1. The normalized spacial score (nSPS) is 10.7. The van der Waals surface area contributed by atoms with E-state index in [0.717, 1.165) is 24.3 Å². The van der Waals surface area contributed by atoms with Crippen LogP contribution in [-0.2, 0) is 5.33 Å². The Balaban J connectivity index is 1.86. The molecule has 0 amide bonds. The molecule has 0 saturated heterocycles. The topological polar surface area (TPSA) is 48.2 Å². The van der Waals surface area contributed by atoms with E-state index >= 15 is 0 Å². The minimum Gasteiger partial charge on any atom is -0.494 e. The summed E-state index contributed by atoms with van der Waals surface area (Å²) in [6.07, 6.45) is 4.85. The first-order valence-electron chi connectivity index (χ1n) is 6.95. The van der Waals surface area contributed by atoms with Gasteiger partial charge in [-0.25, -0.2) is 0 Å². The molecular weight excluding hydrogens is 320 g/mol. The van der Waals surface area contributed by atoms with Gasteiger partial charge in [-0.15, -0.1) is 10.2 Å². The Bertz CT molecular complexity index is 511. The van der Waals surface area contributed by atoms with Gasteiger partial charge in [-0.1, -0.05) is 42.1 Å². The van der Waals surface area contributed by atoms with Crippen LogP contribution in [0.1, 0.15) is 38.5 Å². The largest absolute Gasteiger partial charge is 0.494 e. The lowest BCUT2D eigenvalue weighted by molar-refractivity contribution is 0.305. The SMILES string of the molecule is CCCCCCOc1ccc(-c2nnc(CBr)o2)cc1. The van der Waals surface area contributed by atoms with Gasteiger partial charge in [0.1, 0.15) is 5.75 Å². The van der Waals surface area contributed by atoms with Crippen LogP contribution in [0.15, 0.2) is 28.7 Å². The quantitative estimate of drug-likeness (QED) is 0.521. The number of rotatable bonds is 8. The zero-order valence-electron chi connectivity index (χ0n) is 11.6. The van der Waals surface area contributed by atoms with Gasteiger partial charge in [-0.2, -0.15) is 0 Å². The average molecular weight is 339 g/mol. The van der Waals surface area contributed by atoms with Gasteiger partial charge in [-0.3, -0.25) is 0 Å². The predicted molar refractivity (Wildman–Crippen MR) is 82.0 cm³/mol. The number of aromatic nitrogens is 2. The second-order valence-electron chi connectivity index (χ2n) is 4.57. The zero-order valence-corrected chi connectivity index (χ0v) is 13.2. The van der Waals surface area contributed by atoms with E-state index in [4.69, 9.17) is 9.15 Å². The van der Waals surface area contributed by atoms with Crippen LogP contribution in [0.3, 0.4) is 0 Å². The first-order valence-corrected chi connectivity index (χ1v) is 8.07. The van der Waals surface area contributed by atoms with Crippen LogP contribution in [0, 0.1) is 0 Å². The Morgan fingerprint density at radius 2 is 1.90 bits per heavy atom. The summed E-state index contributed by atoms with van der Waals surface area (Å²) in [6.45, 7) is 2.98. The summed E-state index contributed by atoms with van der Waals surface area (Å²) in [5, 5.41) is 8.48. The third-order valence-corrected chi connectivity index (χ3v) is 3.43. The molecule has 0 spiro atoms. The van der Waals surface area contributed by atoms with E-state index < -0.39 is 0 Å². The van der Waals surface area contributed by atoms with Gasteiger partial charge in [0.25, 0.3) is 0 Å². The highest BCUT2D eigenvalue weighted by Crippen LogP contribution is 2.22. The number of alkyl halides is 1. The molecule has 0 N–H and O–H groups in total. The van der Waals surface area contributed by atoms with Crippen molar-refractivity contribution >= 4 is 15.9 Å². The molecule has 0 atom stereocenters. The molecule has 2 aromatic rings. The molecule has 1 aromatic heterocycles. The Kier molecular flexibility index (Phi) is 6.05. The van der Waals surface area contributed by atoms with E-state index in [1.54, 1.807) is 0 Å². The third-order valence-electron chi connectivity index (χ3n) is 2.95. The fraction of sp³-hybridized carbons (Fsp3) is 0.467. The highest BCUT2D eigenvalue weighted by molar-refractivity contribution is 9.08. The molecule has 0 bridgehead atoms.